The summed E-state index contributed by atoms with van der Waals surface area (Å²) in [5.74, 6) is -0.0861. The minimum Gasteiger partial charge on any atom is -0.353 e. The summed E-state index contributed by atoms with van der Waals surface area (Å²) in [7, 11) is -3.37. The summed E-state index contributed by atoms with van der Waals surface area (Å²) in [6.07, 6.45) is 2.94. The van der Waals surface area contributed by atoms with Gasteiger partial charge in [0.15, 0.2) is 0 Å². The van der Waals surface area contributed by atoms with Gasteiger partial charge in [-0.15, -0.1) is 0 Å². The fourth-order valence-electron chi connectivity index (χ4n) is 3.74. The number of rotatable bonds is 8. The molecule has 3 rings (SSSR count). The topological polar surface area (TPSA) is 66.5 Å². The number of nitrogens with one attached hydrogen (secondary N) is 1. The molecule has 1 aliphatic rings. The van der Waals surface area contributed by atoms with Crippen LogP contribution in [0.1, 0.15) is 37.3 Å². The van der Waals surface area contributed by atoms with Crippen molar-refractivity contribution in [1.82, 2.24) is 9.62 Å². The van der Waals surface area contributed by atoms with Crippen molar-refractivity contribution in [2.24, 2.45) is 5.92 Å². The summed E-state index contributed by atoms with van der Waals surface area (Å²) in [4.78, 5) is 12.6. The van der Waals surface area contributed by atoms with Crippen molar-refractivity contribution in [3.63, 3.8) is 0 Å². The van der Waals surface area contributed by atoms with Gasteiger partial charge in [-0.2, -0.15) is 0 Å². The van der Waals surface area contributed by atoms with E-state index in [-0.39, 0.29) is 23.6 Å². The van der Waals surface area contributed by atoms with Crippen LogP contribution in [-0.4, -0.2) is 37.8 Å². The first kappa shape index (κ1) is 23.0. The molecule has 1 amide bonds. The first-order valence-corrected chi connectivity index (χ1v) is 12.8. The number of benzene rings is 2. The number of carbonyl (C=O) groups excluding carboxylic acids is 1. The average Bonchev–Trinajstić information content (AvgIpc) is 2.74. The van der Waals surface area contributed by atoms with Gasteiger partial charge in [0.2, 0.25) is 15.9 Å². The van der Waals surface area contributed by atoms with Gasteiger partial charge in [0.1, 0.15) is 0 Å². The summed E-state index contributed by atoms with van der Waals surface area (Å²) in [6.45, 7) is 2.82. The Hall–Kier alpha value is -1.70. The molecule has 0 radical (unpaired) electrons. The van der Waals surface area contributed by atoms with Crippen molar-refractivity contribution in [2.75, 3.05) is 13.1 Å². The summed E-state index contributed by atoms with van der Waals surface area (Å²) >= 11 is 3.36. The maximum absolute atomic E-state index is 12.7. The van der Waals surface area contributed by atoms with Gasteiger partial charge in [0.25, 0.3) is 0 Å². The quantitative estimate of drug-likeness (QED) is 0.602. The molecule has 2 aromatic rings. The van der Waals surface area contributed by atoms with Crippen molar-refractivity contribution in [2.45, 2.75) is 44.4 Å². The second kappa shape index (κ2) is 10.6. The molecule has 1 atom stereocenters. The second-order valence-electron chi connectivity index (χ2n) is 7.99. The van der Waals surface area contributed by atoms with E-state index in [9.17, 15) is 13.2 Å². The highest BCUT2D eigenvalue weighted by atomic mass is 79.9. The molecule has 1 saturated heterocycles. The van der Waals surface area contributed by atoms with Crippen molar-refractivity contribution in [1.29, 1.82) is 0 Å². The number of hydrogen-bond donors (Lipinski definition) is 1. The van der Waals surface area contributed by atoms with E-state index in [1.807, 2.05) is 49.4 Å². The Morgan fingerprint density at radius 2 is 1.70 bits per heavy atom. The number of carbonyl (C=O) groups is 1. The minimum atomic E-state index is -3.37. The lowest BCUT2D eigenvalue weighted by atomic mass is 9.96. The van der Waals surface area contributed by atoms with E-state index in [0.29, 0.717) is 25.9 Å². The molecular weight excluding hydrogens is 464 g/mol. The second-order valence-corrected chi connectivity index (χ2v) is 10.9. The zero-order chi connectivity index (χ0) is 21.6. The molecule has 1 N–H and O–H groups in total. The Morgan fingerprint density at radius 1 is 1.07 bits per heavy atom. The number of amides is 1. The van der Waals surface area contributed by atoms with Gasteiger partial charge in [-0.3, -0.25) is 4.79 Å². The highest BCUT2D eigenvalue weighted by Gasteiger charge is 2.31. The number of sulfonamides is 1. The Bertz CT molecular complexity index is 925. The number of nitrogens with zero attached hydrogens (tertiary/aromatic N) is 1. The van der Waals surface area contributed by atoms with Crippen LogP contribution in [0.5, 0.6) is 0 Å². The maximum atomic E-state index is 12.7. The van der Waals surface area contributed by atoms with Gasteiger partial charge in [-0.1, -0.05) is 58.4 Å². The third-order valence-corrected chi connectivity index (χ3v) is 7.96. The molecule has 30 heavy (non-hydrogen) atoms. The molecule has 1 fully saturated rings. The van der Waals surface area contributed by atoms with Crippen LogP contribution in [0.3, 0.4) is 0 Å². The highest BCUT2D eigenvalue weighted by Crippen LogP contribution is 2.23. The fourth-order valence-corrected chi connectivity index (χ4v) is 5.57. The molecule has 0 bridgehead atoms. The highest BCUT2D eigenvalue weighted by molar-refractivity contribution is 9.10. The van der Waals surface area contributed by atoms with Gasteiger partial charge in [-0.05, 0) is 55.9 Å². The molecule has 0 unspecified atom stereocenters. The van der Waals surface area contributed by atoms with Gasteiger partial charge in [0, 0.05) is 29.5 Å². The molecule has 0 aromatic heterocycles. The summed E-state index contributed by atoms with van der Waals surface area (Å²) in [5, 5.41) is 3.11. The predicted octanol–water partition coefficient (Wildman–Crippen LogP) is 4.13. The van der Waals surface area contributed by atoms with Crippen LogP contribution in [0.15, 0.2) is 59.1 Å². The van der Waals surface area contributed by atoms with Crippen LogP contribution in [0, 0.1) is 5.92 Å². The van der Waals surface area contributed by atoms with Crippen molar-refractivity contribution < 1.29 is 13.2 Å². The van der Waals surface area contributed by atoms with Crippen LogP contribution in [0.2, 0.25) is 0 Å². The standard InChI is InChI=1S/C23H29BrN2O3S/c1-18(7-8-19-5-3-2-4-6-19)25-23(27)21-13-15-26(16-14-21)30(28,29)17-20-9-11-22(24)12-10-20/h2-6,9-12,18,21H,7-8,13-17H2,1H3,(H,25,27)/t18-/m1/s1. The Kier molecular flexibility index (Phi) is 8.08. The lowest BCUT2D eigenvalue weighted by Crippen LogP contribution is -2.45. The zero-order valence-electron chi connectivity index (χ0n) is 17.3. The van der Waals surface area contributed by atoms with Crippen LogP contribution in [0.25, 0.3) is 0 Å². The van der Waals surface area contributed by atoms with E-state index in [1.54, 1.807) is 0 Å². The SMILES string of the molecule is C[C@H](CCc1ccccc1)NC(=O)C1CCN(S(=O)(=O)Cc2ccc(Br)cc2)CC1. The van der Waals surface area contributed by atoms with Gasteiger partial charge in [0.05, 0.1) is 5.75 Å². The van der Waals surface area contributed by atoms with E-state index in [0.717, 1.165) is 22.9 Å². The van der Waals surface area contributed by atoms with Crippen LogP contribution in [0.4, 0.5) is 0 Å². The summed E-state index contributed by atoms with van der Waals surface area (Å²) < 4.78 is 27.9. The van der Waals surface area contributed by atoms with Gasteiger partial charge >= 0.3 is 0 Å². The Labute approximate surface area is 188 Å². The predicted molar refractivity (Wildman–Crippen MR) is 123 cm³/mol. The third-order valence-electron chi connectivity index (χ3n) is 5.58. The lowest BCUT2D eigenvalue weighted by Gasteiger charge is -2.31. The van der Waals surface area contributed by atoms with E-state index >= 15 is 0 Å². The van der Waals surface area contributed by atoms with Crippen LogP contribution < -0.4 is 5.32 Å². The zero-order valence-corrected chi connectivity index (χ0v) is 19.7. The van der Waals surface area contributed by atoms with Gasteiger partial charge in [-0.25, -0.2) is 12.7 Å². The molecule has 1 aliphatic heterocycles. The largest absolute Gasteiger partial charge is 0.353 e. The maximum Gasteiger partial charge on any atom is 0.223 e. The first-order chi connectivity index (χ1) is 14.3. The molecule has 162 valence electrons. The summed E-state index contributed by atoms with van der Waals surface area (Å²) in [5.41, 5.74) is 2.04. The normalized spacial score (nSPS) is 16.9. The van der Waals surface area contributed by atoms with E-state index in [2.05, 4.69) is 33.4 Å². The summed E-state index contributed by atoms with van der Waals surface area (Å²) in [6, 6.07) is 17.7. The Balaban J connectivity index is 1.44. The molecular formula is C23H29BrN2O3S. The number of hydrogen-bond acceptors (Lipinski definition) is 3. The van der Waals surface area contributed by atoms with Crippen molar-refractivity contribution in [3.05, 3.63) is 70.2 Å². The monoisotopic (exact) mass is 492 g/mol. The molecule has 0 spiro atoms. The lowest BCUT2D eigenvalue weighted by molar-refractivity contribution is -0.126. The molecule has 2 aromatic carbocycles. The molecule has 7 heteroatoms. The van der Waals surface area contributed by atoms with E-state index in [1.165, 1.54) is 9.87 Å². The molecule has 1 heterocycles. The Morgan fingerprint density at radius 3 is 2.33 bits per heavy atom. The number of piperidine rings is 1. The van der Waals surface area contributed by atoms with Crippen LogP contribution >= 0.6 is 15.9 Å². The van der Waals surface area contributed by atoms with Crippen molar-refractivity contribution >= 4 is 31.9 Å². The third kappa shape index (κ3) is 6.65. The fraction of sp³-hybridized carbons (Fsp3) is 0.435. The first-order valence-electron chi connectivity index (χ1n) is 10.4. The molecule has 0 aliphatic carbocycles. The van der Waals surface area contributed by atoms with Crippen LogP contribution in [-0.2, 0) is 27.0 Å². The van der Waals surface area contributed by atoms with Crippen molar-refractivity contribution in [3.8, 4) is 0 Å². The van der Waals surface area contributed by atoms with E-state index < -0.39 is 10.0 Å². The number of aryl methyl sites for hydroxylation is 1. The molecule has 5 nitrogen and oxygen atoms in total. The van der Waals surface area contributed by atoms with Gasteiger partial charge < -0.3 is 5.32 Å². The van der Waals surface area contributed by atoms with E-state index in [4.69, 9.17) is 0 Å². The smallest absolute Gasteiger partial charge is 0.223 e. The number of halogens is 1. The minimum absolute atomic E-state index is 0.00629. The molecule has 0 saturated carbocycles. The average molecular weight is 493 g/mol.